The van der Waals surface area contributed by atoms with Gasteiger partial charge in [0.2, 0.25) is 11.8 Å². The molecule has 0 radical (unpaired) electrons. The fourth-order valence-corrected chi connectivity index (χ4v) is 2.72. The van der Waals surface area contributed by atoms with E-state index in [0.717, 1.165) is 12.8 Å². The average molecular weight is 393 g/mol. The minimum absolute atomic E-state index is 0.0792. The van der Waals surface area contributed by atoms with Crippen molar-refractivity contribution in [3.63, 3.8) is 0 Å². The van der Waals surface area contributed by atoms with Gasteiger partial charge in [-0.3, -0.25) is 9.59 Å². The van der Waals surface area contributed by atoms with Crippen molar-refractivity contribution in [1.82, 2.24) is 10.3 Å². The zero-order valence-electron chi connectivity index (χ0n) is 14.7. The number of benzene rings is 1. The third-order valence-corrected chi connectivity index (χ3v) is 4.20. The molecule has 1 saturated carbocycles. The third-order valence-electron chi connectivity index (χ3n) is 4.20. The maximum atomic E-state index is 12.5. The van der Waals surface area contributed by atoms with Gasteiger partial charge in [-0.05, 0) is 30.4 Å². The maximum absolute atomic E-state index is 12.5. The van der Waals surface area contributed by atoms with Crippen molar-refractivity contribution in [2.45, 2.75) is 31.0 Å². The number of hydrogen-bond acceptors (Lipinski definition) is 4. The number of amides is 2. The highest BCUT2D eigenvalue weighted by Crippen LogP contribution is 2.43. The molecule has 2 amide bonds. The first-order valence-electron chi connectivity index (χ1n) is 8.60. The van der Waals surface area contributed by atoms with Gasteiger partial charge in [-0.1, -0.05) is 36.4 Å². The summed E-state index contributed by atoms with van der Waals surface area (Å²) in [4.78, 5) is 28.2. The Kier molecular flexibility index (Phi) is 5.53. The predicted octanol–water partition coefficient (Wildman–Crippen LogP) is 2.86. The first-order valence-corrected chi connectivity index (χ1v) is 8.60. The molecule has 1 fully saturated rings. The van der Waals surface area contributed by atoms with E-state index in [1.807, 2.05) is 0 Å². The molecule has 0 aliphatic heterocycles. The van der Waals surface area contributed by atoms with E-state index in [-0.39, 0.29) is 17.5 Å². The van der Waals surface area contributed by atoms with Crippen molar-refractivity contribution in [2.75, 3.05) is 6.61 Å². The number of hydrogen-bond donors (Lipinski definition) is 2. The summed E-state index contributed by atoms with van der Waals surface area (Å²) in [5.74, 6) is -1.66. The van der Waals surface area contributed by atoms with Crippen LogP contribution in [0.5, 0.6) is 5.88 Å². The van der Waals surface area contributed by atoms with Gasteiger partial charge in [0.25, 0.3) is 5.91 Å². The van der Waals surface area contributed by atoms with Crippen LogP contribution in [0.2, 0.25) is 0 Å². The summed E-state index contributed by atoms with van der Waals surface area (Å²) in [5, 5.41) is 2.46. The number of carbonyl (C=O) groups is 2. The number of nitrogens with two attached hydrogens (primary N) is 1. The Balaban J connectivity index is 1.81. The van der Waals surface area contributed by atoms with Crippen LogP contribution in [-0.2, 0) is 4.79 Å². The summed E-state index contributed by atoms with van der Waals surface area (Å²) in [7, 11) is 0. The number of nitrogens with zero attached hydrogens (tertiary/aromatic N) is 1. The zero-order chi connectivity index (χ0) is 20.3. The molecule has 1 aromatic carbocycles. The number of carbonyl (C=O) groups excluding carboxylic acids is 2. The van der Waals surface area contributed by atoms with Crippen molar-refractivity contribution in [3.8, 4) is 5.88 Å². The van der Waals surface area contributed by atoms with E-state index in [0.29, 0.717) is 11.1 Å². The number of nitrogens with one attached hydrogen (secondary N) is 1. The molecular weight excluding hydrogens is 375 g/mol. The van der Waals surface area contributed by atoms with E-state index < -0.39 is 30.6 Å². The molecular formula is C19H18F3N3O3. The lowest BCUT2D eigenvalue weighted by atomic mass is 10.1. The van der Waals surface area contributed by atoms with Gasteiger partial charge in [-0.2, -0.15) is 13.2 Å². The lowest BCUT2D eigenvalue weighted by molar-refractivity contribution is -0.154. The van der Waals surface area contributed by atoms with E-state index in [1.165, 1.54) is 12.1 Å². The smallest absolute Gasteiger partial charge is 0.422 e. The number of halogens is 3. The molecule has 9 heteroatoms. The number of rotatable bonds is 7. The summed E-state index contributed by atoms with van der Waals surface area (Å²) in [6.07, 6.45) is -2.87. The van der Waals surface area contributed by atoms with Gasteiger partial charge in [0.15, 0.2) is 6.61 Å². The van der Waals surface area contributed by atoms with Crippen molar-refractivity contribution in [2.24, 2.45) is 5.73 Å². The highest BCUT2D eigenvalue weighted by molar-refractivity contribution is 5.96. The molecule has 3 rings (SSSR count). The molecule has 0 unspecified atom stereocenters. The van der Waals surface area contributed by atoms with E-state index in [1.54, 1.807) is 30.3 Å². The molecule has 0 spiro atoms. The SMILES string of the molecule is NC(=O)[C@@H](NC(=O)c1ccc(C2CC2)c(OCC(F)(F)F)n1)c1ccccc1. The Bertz CT molecular complexity index is 868. The first-order chi connectivity index (χ1) is 13.2. The Labute approximate surface area is 158 Å². The molecule has 1 atom stereocenters. The molecule has 1 aromatic heterocycles. The largest absolute Gasteiger partial charge is 0.468 e. The maximum Gasteiger partial charge on any atom is 0.422 e. The Morgan fingerprint density at radius 1 is 1.18 bits per heavy atom. The monoisotopic (exact) mass is 393 g/mol. The van der Waals surface area contributed by atoms with Crippen molar-refractivity contribution < 1.29 is 27.5 Å². The van der Waals surface area contributed by atoms with E-state index in [4.69, 9.17) is 10.5 Å². The van der Waals surface area contributed by atoms with Crippen molar-refractivity contribution in [1.29, 1.82) is 0 Å². The zero-order valence-corrected chi connectivity index (χ0v) is 14.7. The number of ether oxygens (including phenoxy) is 1. The van der Waals surface area contributed by atoms with Crippen LogP contribution in [0.25, 0.3) is 0 Å². The predicted molar refractivity (Wildman–Crippen MR) is 93.6 cm³/mol. The van der Waals surface area contributed by atoms with Gasteiger partial charge < -0.3 is 15.8 Å². The molecule has 0 bridgehead atoms. The van der Waals surface area contributed by atoms with E-state index in [2.05, 4.69) is 10.3 Å². The summed E-state index contributed by atoms with van der Waals surface area (Å²) < 4.78 is 42.4. The van der Waals surface area contributed by atoms with Crippen molar-refractivity contribution in [3.05, 3.63) is 59.3 Å². The summed E-state index contributed by atoms with van der Waals surface area (Å²) in [6, 6.07) is 10.2. The van der Waals surface area contributed by atoms with Gasteiger partial charge in [0, 0.05) is 5.56 Å². The Hall–Kier alpha value is -3.10. The van der Waals surface area contributed by atoms with Crippen LogP contribution < -0.4 is 15.8 Å². The van der Waals surface area contributed by atoms with Crippen LogP contribution in [0.3, 0.4) is 0 Å². The highest BCUT2D eigenvalue weighted by atomic mass is 19.4. The van der Waals surface area contributed by atoms with Gasteiger partial charge in [0.05, 0.1) is 0 Å². The molecule has 2 aromatic rings. The lowest BCUT2D eigenvalue weighted by Crippen LogP contribution is -2.37. The molecule has 1 aliphatic carbocycles. The molecule has 28 heavy (non-hydrogen) atoms. The molecule has 6 nitrogen and oxygen atoms in total. The first kappa shape index (κ1) is 19.7. The molecule has 148 valence electrons. The normalized spacial score (nSPS) is 15.0. The van der Waals surface area contributed by atoms with Gasteiger partial charge in [-0.15, -0.1) is 0 Å². The quantitative estimate of drug-likeness (QED) is 0.756. The van der Waals surface area contributed by atoms with Gasteiger partial charge in [-0.25, -0.2) is 4.98 Å². The molecule has 3 N–H and O–H groups in total. The number of aromatic nitrogens is 1. The van der Waals surface area contributed by atoms with Crippen LogP contribution >= 0.6 is 0 Å². The Morgan fingerprint density at radius 2 is 1.86 bits per heavy atom. The fourth-order valence-electron chi connectivity index (χ4n) is 2.72. The van der Waals surface area contributed by atoms with Crippen LogP contribution in [0.4, 0.5) is 13.2 Å². The summed E-state index contributed by atoms with van der Waals surface area (Å²) >= 11 is 0. The number of pyridine rings is 1. The van der Waals surface area contributed by atoms with Crippen molar-refractivity contribution >= 4 is 11.8 Å². The standard InChI is InChI=1S/C19H18F3N3O3/c20-19(21,22)10-28-18-13(11-6-7-11)8-9-14(24-18)17(27)25-15(16(23)26)12-4-2-1-3-5-12/h1-5,8-9,11,15H,6-7,10H2,(H2,23,26)(H,25,27)/t15-/m0/s1. The van der Waals surface area contributed by atoms with Crippen LogP contribution in [0.1, 0.15) is 46.4 Å². The van der Waals surface area contributed by atoms with E-state index >= 15 is 0 Å². The topological polar surface area (TPSA) is 94.3 Å². The number of alkyl halides is 3. The summed E-state index contributed by atoms with van der Waals surface area (Å²) in [5.41, 5.74) is 6.22. The lowest BCUT2D eigenvalue weighted by Gasteiger charge is -2.17. The van der Waals surface area contributed by atoms with Crippen LogP contribution in [-0.4, -0.2) is 29.6 Å². The second kappa shape index (κ2) is 7.87. The minimum Gasteiger partial charge on any atom is -0.468 e. The van der Waals surface area contributed by atoms with Gasteiger partial charge >= 0.3 is 6.18 Å². The molecule has 1 heterocycles. The second-order valence-corrected chi connectivity index (χ2v) is 6.49. The third kappa shape index (κ3) is 4.99. The Morgan fingerprint density at radius 3 is 2.43 bits per heavy atom. The summed E-state index contributed by atoms with van der Waals surface area (Å²) in [6.45, 7) is -1.50. The van der Waals surface area contributed by atoms with Crippen LogP contribution in [0, 0.1) is 0 Å². The minimum atomic E-state index is -4.52. The average Bonchev–Trinajstić information content (AvgIpc) is 3.49. The fraction of sp³-hybridized carbons (Fsp3) is 0.316. The second-order valence-electron chi connectivity index (χ2n) is 6.49. The van der Waals surface area contributed by atoms with Gasteiger partial charge in [0.1, 0.15) is 11.7 Å². The highest BCUT2D eigenvalue weighted by Gasteiger charge is 2.33. The molecule has 1 aliphatic rings. The van der Waals surface area contributed by atoms with Crippen LogP contribution in [0.15, 0.2) is 42.5 Å². The number of primary amides is 1. The van der Waals surface area contributed by atoms with E-state index in [9.17, 15) is 22.8 Å². The molecule has 0 saturated heterocycles.